The van der Waals surface area contributed by atoms with Crippen LogP contribution in [0.3, 0.4) is 0 Å². The molecular weight excluding hydrogens is 412 g/mol. The molecule has 0 saturated carbocycles. The van der Waals surface area contributed by atoms with Crippen LogP contribution in [-0.2, 0) is 14.8 Å². The van der Waals surface area contributed by atoms with Gasteiger partial charge in [-0.2, -0.15) is 4.31 Å². The summed E-state index contributed by atoms with van der Waals surface area (Å²) in [5.41, 5.74) is 0.519. The van der Waals surface area contributed by atoms with Crippen LogP contribution in [0.1, 0.15) is 32.6 Å². The van der Waals surface area contributed by atoms with Crippen LogP contribution in [0.25, 0.3) is 0 Å². The van der Waals surface area contributed by atoms with Gasteiger partial charge < -0.3 is 10.1 Å². The summed E-state index contributed by atoms with van der Waals surface area (Å²) in [6.45, 7) is 2.97. The lowest BCUT2D eigenvalue weighted by atomic mass is 10.2. The first-order valence-corrected chi connectivity index (χ1v) is 11.6. The summed E-state index contributed by atoms with van der Waals surface area (Å²) >= 11 is 5.87. The van der Waals surface area contributed by atoms with E-state index in [1.807, 2.05) is 6.92 Å². The Morgan fingerprint density at radius 1 is 1.07 bits per heavy atom. The highest BCUT2D eigenvalue weighted by molar-refractivity contribution is 7.89. The molecule has 156 valence electrons. The normalized spacial score (nSPS) is 16.2. The first-order chi connectivity index (χ1) is 13.9. The van der Waals surface area contributed by atoms with Crippen LogP contribution in [0.5, 0.6) is 5.75 Å². The number of carbonyl (C=O) groups is 1. The minimum absolute atomic E-state index is 0.238. The quantitative estimate of drug-likeness (QED) is 0.701. The van der Waals surface area contributed by atoms with Crippen molar-refractivity contribution in [1.29, 1.82) is 0 Å². The van der Waals surface area contributed by atoms with Gasteiger partial charge in [-0.1, -0.05) is 24.9 Å². The molecule has 1 aliphatic heterocycles. The Morgan fingerprint density at radius 3 is 2.28 bits per heavy atom. The third-order valence-corrected chi connectivity index (χ3v) is 6.99. The average molecular weight is 437 g/mol. The smallest absolute Gasteiger partial charge is 0.265 e. The number of carbonyl (C=O) groups excluding carboxylic acids is 1. The highest BCUT2D eigenvalue weighted by atomic mass is 35.5. The molecule has 0 aliphatic carbocycles. The summed E-state index contributed by atoms with van der Waals surface area (Å²) in [6, 6.07) is 13.1. The van der Waals surface area contributed by atoms with Gasteiger partial charge in [0.25, 0.3) is 5.91 Å². The van der Waals surface area contributed by atoms with Gasteiger partial charge in [0.1, 0.15) is 5.75 Å². The number of piperidine rings is 1. The first kappa shape index (κ1) is 21.6. The Hall–Kier alpha value is -2.09. The van der Waals surface area contributed by atoms with E-state index >= 15 is 0 Å². The van der Waals surface area contributed by atoms with E-state index in [-0.39, 0.29) is 10.8 Å². The lowest BCUT2D eigenvalue weighted by molar-refractivity contribution is -0.122. The lowest BCUT2D eigenvalue weighted by Crippen LogP contribution is -2.35. The fourth-order valence-corrected chi connectivity index (χ4v) is 4.83. The maximum atomic E-state index is 12.7. The van der Waals surface area contributed by atoms with Crippen molar-refractivity contribution in [3.8, 4) is 5.75 Å². The van der Waals surface area contributed by atoms with Gasteiger partial charge in [-0.25, -0.2) is 8.42 Å². The summed E-state index contributed by atoms with van der Waals surface area (Å²) in [6.07, 6.45) is 2.65. The van der Waals surface area contributed by atoms with E-state index in [9.17, 15) is 13.2 Å². The van der Waals surface area contributed by atoms with Crippen LogP contribution in [0.15, 0.2) is 53.4 Å². The Kier molecular flexibility index (Phi) is 7.16. The number of ether oxygens (including phenoxy) is 1. The molecule has 2 aromatic rings. The molecule has 2 aromatic carbocycles. The van der Waals surface area contributed by atoms with E-state index in [0.717, 1.165) is 19.3 Å². The van der Waals surface area contributed by atoms with Gasteiger partial charge in [0.2, 0.25) is 10.0 Å². The molecule has 1 amide bonds. The van der Waals surface area contributed by atoms with E-state index in [1.54, 1.807) is 36.4 Å². The number of hydrogen-bond donors (Lipinski definition) is 1. The van der Waals surface area contributed by atoms with E-state index in [2.05, 4.69) is 5.32 Å². The second-order valence-electron chi connectivity index (χ2n) is 6.95. The summed E-state index contributed by atoms with van der Waals surface area (Å²) in [5.74, 6) is 0.258. The Balaban J connectivity index is 1.64. The zero-order valence-corrected chi connectivity index (χ0v) is 17.9. The molecule has 1 aliphatic rings. The summed E-state index contributed by atoms with van der Waals surface area (Å²) in [5, 5.41) is 3.38. The van der Waals surface area contributed by atoms with Gasteiger partial charge in [0.15, 0.2) is 6.10 Å². The zero-order chi connectivity index (χ0) is 20.9. The number of anilines is 1. The van der Waals surface area contributed by atoms with Crippen molar-refractivity contribution >= 4 is 33.2 Å². The van der Waals surface area contributed by atoms with Gasteiger partial charge >= 0.3 is 0 Å². The fraction of sp³-hybridized carbons (Fsp3) is 0.381. The predicted octanol–water partition coefficient (Wildman–Crippen LogP) is 4.31. The van der Waals surface area contributed by atoms with Crippen LogP contribution in [0, 0.1) is 0 Å². The van der Waals surface area contributed by atoms with E-state index in [0.29, 0.717) is 36.0 Å². The van der Waals surface area contributed by atoms with Crippen molar-refractivity contribution in [2.24, 2.45) is 0 Å². The first-order valence-electron chi connectivity index (χ1n) is 9.73. The second-order valence-corrected chi connectivity index (χ2v) is 9.32. The number of halogens is 1. The Bertz CT molecular complexity index is 924. The third kappa shape index (κ3) is 5.50. The molecule has 0 bridgehead atoms. The van der Waals surface area contributed by atoms with Crippen molar-refractivity contribution in [2.75, 3.05) is 18.4 Å². The lowest BCUT2D eigenvalue weighted by Gasteiger charge is -2.26. The van der Waals surface area contributed by atoms with E-state index in [4.69, 9.17) is 16.3 Å². The van der Waals surface area contributed by atoms with Crippen LogP contribution in [0.2, 0.25) is 5.02 Å². The average Bonchev–Trinajstić information content (AvgIpc) is 2.74. The van der Waals surface area contributed by atoms with E-state index < -0.39 is 16.1 Å². The molecule has 6 nitrogen and oxygen atoms in total. The summed E-state index contributed by atoms with van der Waals surface area (Å²) in [7, 11) is -3.49. The van der Waals surface area contributed by atoms with Crippen molar-refractivity contribution < 1.29 is 17.9 Å². The van der Waals surface area contributed by atoms with Crippen molar-refractivity contribution in [3.63, 3.8) is 0 Å². The maximum Gasteiger partial charge on any atom is 0.265 e. The molecule has 0 radical (unpaired) electrons. The van der Waals surface area contributed by atoms with Crippen molar-refractivity contribution in [2.45, 2.75) is 43.6 Å². The maximum absolute atomic E-state index is 12.7. The minimum atomic E-state index is -3.49. The topological polar surface area (TPSA) is 75.7 Å². The molecule has 0 aromatic heterocycles. The van der Waals surface area contributed by atoms with Gasteiger partial charge in [0, 0.05) is 23.8 Å². The van der Waals surface area contributed by atoms with Gasteiger partial charge in [0.05, 0.1) is 4.90 Å². The molecular formula is C21H25ClN2O4S. The molecule has 0 unspecified atom stereocenters. The molecule has 0 spiro atoms. The largest absolute Gasteiger partial charge is 0.481 e. The standard InChI is InChI=1S/C21H25ClN2O4S/c1-2-20(28-18-10-6-16(22)7-11-18)21(25)23-17-8-12-19(13-9-17)29(26,27)24-14-4-3-5-15-24/h6-13,20H,2-5,14-15H2,1H3,(H,23,25)/t20-/m0/s1. The highest BCUT2D eigenvalue weighted by Crippen LogP contribution is 2.23. The molecule has 1 atom stereocenters. The van der Waals surface area contributed by atoms with Gasteiger partial charge in [-0.15, -0.1) is 0 Å². The molecule has 1 N–H and O–H groups in total. The predicted molar refractivity (Wildman–Crippen MR) is 114 cm³/mol. The number of benzene rings is 2. The van der Waals surface area contributed by atoms with E-state index in [1.165, 1.54) is 16.4 Å². The Morgan fingerprint density at radius 2 is 1.69 bits per heavy atom. The minimum Gasteiger partial charge on any atom is -0.481 e. The monoisotopic (exact) mass is 436 g/mol. The van der Waals surface area contributed by atoms with Gasteiger partial charge in [-0.05, 0) is 67.8 Å². The summed E-state index contributed by atoms with van der Waals surface area (Å²) < 4.78 is 32.7. The fourth-order valence-electron chi connectivity index (χ4n) is 3.19. The van der Waals surface area contributed by atoms with Crippen LogP contribution in [0.4, 0.5) is 5.69 Å². The molecule has 29 heavy (non-hydrogen) atoms. The number of nitrogens with zero attached hydrogens (tertiary/aromatic N) is 1. The molecule has 1 heterocycles. The number of rotatable bonds is 7. The molecule has 1 fully saturated rings. The molecule has 1 saturated heterocycles. The number of hydrogen-bond acceptors (Lipinski definition) is 4. The highest BCUT2D eigenvalue weighted by Gasteiger charge is 2.26. The van der Waals surface area contributed by atoms with Crippen molar-refractivity contribution in [1.82, 2.24) is 4.31 Å². The van der Waals surface area contributed by atoms with Crippen LogP contribution < -0.4 is 10.1 Å². The molecule has 3 rings (SSSR count). The molecule has 8 heteroatoms. The number of sulfonamides is 1. The van der Waals surface area contributed by atoms with Gasteiger partial charge in [-0.3, -0.25) is 4.79 Å². The SMILES string of the molecule is CC[C@H](Oc1ccc(Cl)cc1)C(=O)Nc1ccc(S(=O)(=O)N2CCCCC2)cc1. The third-order valence-electron chi connectivity index (χ3n) is 4.83. The van der Waals surface area contributed by atoms with Crippen molar-refractivity contribution in [3.05, 3.63) is 53.6 Å². The number of nitrogens with one attached hydrogen (secondary N) is 1. The van der Waals surface area contributed by atoms with Crippen LogP contribution in [-0.4, -0.2) is 37.8 Å². The second kappa shape index (κ2) is 9.61. The summed E-state index contributed by atoms with van der Waals surface area (Å²) in [4.78, 5) is 12.8. The Labute approximate surface area is 176 Å². The number of amides is 1. The van der Waals surface area contributed by atoms with Crippen LogP contribution >= 0.6 is 11.6 Å². The zero-order valence-electron chi connectivity index (χ0n) is 16.3.